The smallest absolute Gasteiger partial charge is 0.225 e. The van der Waals surface area contributed by atoms with E-state index in [0.717, 1.165) is 31.6 Å². The molecular weight excluding hydrogens is 238 g/mol. The molecule has 3 N–H and O–H groups in total. The van der Waals surface area contributed by atoms with Gasteiger partial charge in [0.2, 0.25) is 5.91 Å². The highest BCUT2D eigenvalue weighted by atomic mass is 16.1. The zero-order valence-electron chi connectivity index (χ0n) is 11.5. The van der Waals surface area contributed by atoms with Gasteiger partial charge >= 0.3 is 0 Å². The first-order chi connectivity index (χ1) is 9.15. The van der Waals surface area contributed by atoms with Crippen LogP contribution in [0.2, 0.25) is 0 Å². The van der Waals surface area contributed by atoms with Crippen LogP contribution >= 0.6 is 0 Å². The first-order valence-corrected chi connectivity index (χ1v) is 6.99. The molecule has 2 rings (SSSR count). The largest absolute Gasteiger partial charge is 0.328 e. The summed E-state index contributed by atoms with van der Waals surface area (Å²) in [5.74, 6) is 0.0771. The second kappa shape index (κ2) is 6.68. The third-order valence-corrected chi connectivity index (χ3v) is 3.74. The average Bonchev–Trinajstić information content (AvgIpc) is 2.39. The Bertz CT molecular complexity index is 407. The fourth-order valence-electron chi connectivity index (χ4n) is 2.58. The maximum Gasteiger partial charge on any atom is 0.225 e. The van der Waals surface area contributed by atoms with E-state index in [1.165, 1.54) is 0 Å². The number of benzene rings is 1. The van der Waals surface area contributed by atoms with Crippen LogP contribution in [0.15, 0.2) is 30.3 Å². The Hall–Kier alpha value is -1.39. The maximum absolute atomic E-state index is 11.9. The van der Waals surface area contributed by atoms with Gasteiger partial charge in [-0.1, -0.05) is 18.2 Å². The Kier molecular flexibility index (Phi) is 4.93. The van der Waals surface area contributed by atoms with E-state index < -0.39 is 0 Å². The monoisotopic (exact) mass is 261 g/mol. The number of para-hydroxylation sites is 1. The molecule has 2 unspecified atom stereocenters. The average molecular weight is 261 g/mol. The fraction of sp³-hybridized carbons (Fsp3) is 0.533. The van der Waals surface area contributed by atoms with Gasteiger partial charge in [-0.25, -0.2) is 0 Å². The van der Waals surface area contributed by atoms with E-state index in [1.807, 2.05) is 30.3 Å². The molecular formula is C15H23N3O. The van der Waals surface area contributed by atoms with Gasteiger partial charge in [0.05, 0.1) is 0 Å². The Balaban J connectivity index is 1.74. The molecule has 4 nitrogen and oxygen atoms in total. The lowest BCUT2D eigenvalue weighted by Crippen LogP contribution is -2.46. The van der Waals surface area contributed by atoms with Gasteiger partial charge < -0.3 is 16.0 Å². The van der Waals surface area contributed by atoms with Gasteiger partial charge in [0, 0.05) is 30.7 Å². The molecule has 1 aromatic rings. The molecule has 0 saturated carbocycles. The summed E-state index contributed by atoms with van der Waals surface area (Å²) in [6.45, 7) is 4.00. The lowest BCUT2D eigenvalue weighted by atomic mass is 9.99. The van der Waals surface area contributed by atoms with Gasteiger partial charge in [0.15, 0.2) is 0 Å². The molecule has 1 aliphatic rings. The molecule has 0 radical (unpaired) electrons. The third-order valence-electron chi connectivity index (χ3n) is 3.74. The van der Waals surface area contributed by atoms with Crippen molar-refractivity contribution < 1.29 is 4.79 Å². The lowest BCUT2D eigenvalue weighted by Gasteiger charge is -2.36. The van der Waals surface area contributed by atoms with E-state index in [2.05, 4.69) is 17.1 Å². The van der Waals surface area contributed by atoms with Crippen LogP contribution in [-0.2, 0) is 4.79 Å². The number of nitrogens with two attached hydrogens (primary N) is 1. The topological polar surface area (TPSA) is 58.4 Å². The Morgan fingerprint density at radius 2 is 2.16 bits per heavy atom. The number of hydrogen-bond acceptors (Lipinski definition) is 3. The van der Waals surface area contributed by atoms with E-state index in [4.69, 9.17) is 5.73 Å². The molecule has 1 aliphatic heterocycles. The van der Waals surface area contributed by atoms with Crippen LogP contribution < -0.4 is 11.1 Å². The first-order valence-electron chi connectivity index (χ1n) is 6.99. The summed E-state index contributed by atoms with van der Waals surface area (Å²) in [7, 11) is 0. The Morgan fingerprint density at radius 1 is 1.42 bits per heavy atom. The van der Waals surface area contributed by atoms with Crippen LogP contribution in [0.1, 0.15) is 26.2 Å². The zero-order chi connectivity index (χ0) is 13.7. The van der Waals surface area contributed by atoms with E-state index in [1.54, 1.807) is 0 Å². The number of hydrogen-bond donors (Lipinski definition) is 2. The highest BCUT2D eigenvalue weighted by Crippen LogP contribution is 2.16. The van der Waals surface area contributed by atoms with E-state index in [0.29, 0.717) is 18.5 Å². The first kappa shape index (κ1) is 14.0. The normalized spacial score (nSPS) is 24.1. The summed E-state index contributed by atoms with van der Waals surface area (Å²) >= 11 is 0. The predicted octanol–water partition coefficient (Wildman–Crippen LogP) is 1.83. The third kappa shape index (κ3) is 4.33. The molecule has 1 saturated heterocycles. The summed E-state index contributed by atoms with van der Waals surface area (Å²) < 4.78 is 0. The fourth-order valence-corrected chi connectivity index (χ4v) is 2.58. The van der Waals surface area contributed by atoms with Crippen LogP contribution in [-0.4, -0.2) is 36.0 Å². The zero-order valence-corrected chi connectivity index (χ0v) is 11.5. The molecule has 4 heteroatoms. The second-order valence-electron chi connectivity index (χ2n) is 5.33. The van der Waals surface area contributed by atoms with Crippen molar-refractivity contribution in [1.82, 2.24) is 4.90 Å². The molecule has 0 aliphatic carbocycles. The lowest BCUT2D eigenvalue weighted by molar-refractivity contribution is -0.116. The molecule has 0 aromatic heterocycles. The Morgan fingerprint density at radius 3 is 2.84 bits per heavy atom. The molecule has 1 aromatic carbocycles. The summed E-state index contributed by atoms with van der Waals surface area (Å²) in [6, 6.07) is 10.4. The van der Waals surface area contributed by atoms with Gasteiger partial charge in [-0.15, -0.1) is 0 Å². The number of nitrogens with zero attached hydrogens (tertiary/aromatic N) is 1. The minimum absolute atomic E-state index is 0.0771. The van der Waals surface area contributed by atoms with Crippen molar-refractivity contribution in [2.75, 3.05) is 18.4 Å². The van der Waals surface area contributed by atoms with E-state index in [9.17, 15) is 4.79 Å². The van der Waals surface area contributed by atoms with Crippen molar-refractivity contribution in [3.63, 3.8) is 0 Å². The summed E-state index contributed by atoms with van der Waals surface area (Å²) in [5, 5.41) is 2.91. The standard InChI is InChI=1S/C15H23N3O/c1-12-11-13(16)7-9-18(12)10-8-15(19)17-14-5-3-2-4-6-14/h2-6,12-13H,7-11,16H2,1H3,(H,17,19). The van der Waals surface area contributed by atoms with E-state index >= 15 is 0 Å². The van der Waals surface area contributed by atoms with Crippen LogP contribution in [0.5, 0.6) is 0 Å². The van der Waals surface area contributed by atoms with Crippen LogP contribution in [0.4, 0.5) is 5.69 Å². The van der Waals surface area contributed by atoms with Gasteiger partial charge in [-0.2, -0.15) is 0 Å². The van der Waals surface area contributed by atoms with Gasteiger partial charge in [-0.3, -0.25) is 4.79 Å². The van der Waals surface area contributed by atoms with Crippen LogP contribution in [0, 0.1) is 0 Å². The number of rotatable bonds is 4. The maximum atomic E-state index is 11.9. The molecule has 0 bridgehead atoms. The summed E-state index contributed by atoms with van der Waals surface area (Å²) in [4.78, 5) is 14.2. The molecule has 104 valence electrons. The molecule has 1 amide bonds. The minimum atomic E-state index is 0.0771. The molecule has 1 fully saturated rings. The van der Waals surface area contributed by atoms with Crippen molar-refractivity contribution in [3.8, 4) is 0 Å². The SMILES string of the molecule is CC1CC(N)CCN1CCC(=O)Nc1ccccc1. The number of likely N-dealkylation sites (tertiary alicyclic amines) is 1. The van der Waals surface area contributed by atoms with E-state index in [-0.39, 0.29) is 5.91 Å². The Labute approximate surface area is 115 Å². The van der Waals surface area contributed by atoms with Crippen LogP contribution in [0.25, 0.3) is 0 Å². The quantitative estimate of drug-likeness (QED) is 0.869. The van der Waals surface area contributed by atoms with Gasteiger partial charge in [0.25, 0.3) is 0 Å². The predicted molar refractivity (Wildman–Crippen MR) is 77.9 cm³/mol. The highest BCUT2D eigenvalue weighted by Gasteiger charge is 2.23. The van der Waals surface area contributed by atoms with Crippen molar-refractivity contribution >= 4 is 11.6 Å². The number of nitrogens with one attached hydrogen (secondary N) is 1. The minimum Gasteiger partial charge on any atom is -0.328 e. The van der Waals surface area contributed by atoms with Crippen molar-refractivity contribution in [1.29, 1.82) is 0 Å². The van der Waals surface area contributed by atoms with Crippen molar-refractivity contribution in [3.05, 3.63) is 30.3 Å². The number of carbonyl (C=O) groups is 1. The van der Waals surface area contributed by atoms with Gasteiger partial charge in [0.1, 0.15) is 0 Å². The molecule has 2 atom stereocenters. The molecule has 0 spiro atoms. The molecule has 1 heterocycles. The molecule has 19 heavy (non-hydrogen) atoms. The number of piperidine rings is 1. The highest BCUT2D eigenvalue weighted by molar-refractivity contribution is 5.90. The van der Waals surface area contributed by atoms with Gasteiger partial charge in [-0.05, 0) is 38.4 Å². The van der Waals surface area contributed by atoms with Crippen molar-refractivity contribution in [2.24, 2.45) is 5.73 Å². The second-order valence-corrected chi connectivity index (χ2v) is 5.33. The summed E-state index contributed by atoms with van der Waals surface area (Å²) in [6.07, 6.45) is 2.60. The number of carbonyl (C=O) groups excluding carboxylic acids is 1. The van der Waals surface area contributed by atoms with Crippen molar-refractivity contribution in [2.45, 2.75) is 38.3 Å². The number of anilines is 1. The number of amides is 1. The summed E-state index contributed by atoms with van der Waals surface area (Å²) in [5.41, 5.74) is 6.80. The van der Waals surface area contributed by atoms with Crippen LogP contribution in [0.3, 0.4) is 0 Å².